The molecule has 1 saturated heterocycles. The van der Waals surface area contributed by atoms with Crippen LogP contribution in [0.3, 0.4) is 0 Å². The van der Waals surface area contributed by atoms with Crippen molar-refractivity contribution in [2.24, 2.45) is 0 Å². The first kappa shape index (κ1) is 20.5. The summed E-state index contributed by atoms with van der Waals surface area (Å²) in [5, 5.41) is 3.11. The van der Waals surface area contributed by atoms with Crippen molar-refractivity contribution in [3.05, 3.63) is 72.4 Å². The van der Waals surface area contributed by atoms with Gasteiger partial charge in [-0.1, -0.05) is 18.2 Å². The lowest BCUT2D eigenvalue weighted by Crippen LogP contribution is -2.47. The molecule has 2 aliphatic rings. The number of carbonyl (C=O) groups excluding carboxylic acids is 1. The van der Waals surface area contributed by atoms with Crippen LogP contribution in [0.1, 0.15) is 17.2 Å². The van der Waals surface area contributed by atoms with Gasteiger partial charge < -0.3 is 14.8 Å². The molecule has 8 nitrogen and oxygen atoms in total. The van der Waals surface area contributed by atoms with Gasteiger partial charge in [-0.15, -0.1) is 0 Å². The molecule has 2 aliphatic heterocycles. The average Bonchev–Trinajstić information content (AvgIpc) is 3.28. The molecule has 0 bridgehead atoms. The van der Waals surface area contributed by atoms with Gasteiger partial charge in [0.05, 0.1) is 31.6 Å². The maximum absolute atomic E-state index is 13.3. The van der Waals surface area contributed by atoms with Crippen LogP contribution in [0.15, 0.2) is 61.3 Å². The summed E-state index contributed by atoms with van der Waals surface area (Å²) in [4.78, 5) is 28.2. The molecule has 3 aromatic rings. The topological polar surface area (TPSA) is 89.5 Å². The van der Waals surface area contributed by atoms with Crippen molar-refractivity contribution in [1.82, 2.24) is 25.2 Å². The van der Waals surface area contributed by atoms with Crippen molar-refractivity contribution in [2.75, 3.05) is 32.8 Å². The second-order valence-corrected chi connectivity index (χ2v) is 7.91. The number of fused-ring (bicyclic) bond motifs is 1. The summed E-state index contributed by atoms with van der Waals surface area (Å²) in [6, 6.07) is 9.46. The number of morpholine rings is 1. The maximum Gasteiger partial charge on any atom is 0.242 e. The molecular formula is C24H25N5O3. The van der Waals surface area contributed by atoms with Gasteiger partial charge in [-0.05, 0) is 23.3 Å². The van der Waals surface area contributed by atoms with E-state index in [1.807, 2.05) is 24.3 Å². The number of rotatable bonds is 6. The van der Waals surface area contributed by atoms with Gasteiger partial charge >= 0.3 is 0 Å². The van der Waals surface area contributed by atoms with Crippen LogP contribution in [0.2, 0.25) is 0 Å². The summed E-state index contributed by atoms with van der Waals surface area (Å²) >= 11 is 0. The normalized spacial score (nSPS) is 19.1. The Morgan fingerprint density at radius 1 is 1.09 bits per heavy atom. The zero-order chi connectivity index (χ0) is 21.8. The maximum atomic E-state index is 13.3. The Balaban J connectivity index is 1.28. The number of carbonyl (C=O) groups is 1. The number of pyridine rings is 1. The third-order valence-electron chi connectivity index (χ3n) is 5.83. The molecule has 1 aromatic carbocycles. The third-order valence-corrected chi connectivity index (χ3v) is 5.83. The minimum Gasteiger partial charge on any atom is -0.487 e. The molecule has 2 atom stereocenters. The predicted molar refractivity (Wildman–Crippen MR) is 118 cm³/mol. The Hall–Kier alpha value is -3.36. The monoisotopic (exact) mass is 431 g/mol. The Labute approximate surface area is 186 Å². The molecule has 32 heavy (non-hydrogen) atoms. The van der Waals surface area contributed by atoms with Crippen LogP contribution in [0.5, 0.6) is 5.75 Å². The lowest BCUT2D eigenvalue weighted by molar-refractivity contribution is -0.128. The molecule has 0 spiro atoms. The lowest BCUT2D eigenvalue weighted by atomic mass is 10.0. The van der Waals surface area contributed by atoms with Gasteiger partial charge in [0.2, 0.25) is 5.91 Å². The van der Waals surface area contributed by atoms with Gasteiger partial charge in [0, 0.05) is 49.9 Å². The molecule has 0 unspecified atom stereocenters. The van der Waals surface area contributed by atoms with E-state index in [1.54, 1.807) is 31.0 Å². The highest BCUT2D eigenvalue weighted by Gasteiger charge is 2.31. The number of benzene rings is 1. The number of hydrogen-bond donors (Lipinski definition) is 1. The van der Waals surface area contributed by atoms with E-state index in [1.165, 1.54) is 0 Å². The first-order valence-electron chi connectivity index (χ1n) is 10.8. The van der Waals surface area contributed by atoms with Crippen LogP contribution >= 0.6 is 0 Å². The molecule has 0 radical (unpaired) electrons. The van der Waals surface area contributed by atoms with Gasteiger partial charge in [0.25, 0.3) is 0 Å². The van der Waals surface area contributed by atoms with E-state index in [9.17, 15) is 4.79 Å². The molecule has 2 aromatic heterocycles. The number of ether oxygens (including phenoxy) is 2. The second-order valence-electron chi connectivity index (χ2n) is 7.91. The lowest BCUT2D eigenvalue weighted by Gasteiger charge is -2.33. The molecule has 1 fully saturated rings. The zero-order valence-electron chi connectivity index (χ0n) is 17.7. The van der Waals surface area contributed by atoms with Crippen molar-refractivity contribution >= 4 is 5.91 Å². The van der Waals surface area contributed by atoms with E-state index in [4.69, 9.17) is 9.47 Å². The van der Waals surface area contributed by atoms with Crippen LogP contribution < -0.4 is 10.1 Å². The standard InChI is InChI=1S/C24H25N5O3/c30-24(22(18-4-2-6-25-14-18)29-9-11-31-12-10-29)28-15-19-13-17-3-1-5-20(23(17)32-19)21-16-26-7-8-27-21/h1-8,14,16,19,22H,9-13,15H2,(H,28,30)/t19-,22-/m0/s1. The number of hydrogen-bond acceptors (Lipinski definition) is 7. The predicted octanol–water partition coefficient (Wildman–Crippen LogP) is 2.03. The number of amides is 1. The minimum absolute atomic E-state index is 0.0476. The van der Waals surface area contributed by atoms with E-state index in [-0.39, 0.29) is 12.0 Å². The number of nitrogens with zero attached hydrogens (tertiary/aromatic N) is 4. The highest BCUT2D eigenvalue weighted by atomic mass is 16.5. The van der Waals surface area contributed by atoms with Gasteiger partial charge in [0.1, 0.15) is 17.9 Å². The first-order valence-corrected chi connectivity index (χ1v) is 10.8. The van der Waals surface area contributed by atoms with Crippen LogP contribution in [0.4, 0.5) is 0 Å². The van der Waals surface area contributed by atoms with Crippen LogP contribution in [0, 0.1) is 0 Å². The summed E-state index contributed by atoms with van der Waals surface area (Å²) in [6.45, 7) is 3.08. The molecule has 164 valence electrons. The summed E-state index contributed by atoms with van der Waals surface area (Å²) < 4.78 is 11.7. The third kappa shape index (κ3) is 4.32. The average molecular weight is 431 g/mol. The van der Waals surface area contributed by atoms with Gasteiger partial charge in [0.15, 0.2) is 0 Å². The number of para-hydroxylation sites is 1. The minimum atomic E-state index is -0.397. The van der Waals surface area contributed by atoms with E-state index in [0.29, 0.717) is 32.8 Å². The van der Waals surface area contributed by atoms with Crippen molar-refractivity contribution in [3.8, 4) is 17.0 Å². The molecule has 0 saturated carbocycles. The largest absolute Gasteiger partial charge is 0.487 e. The SMILES string of the molecule is O=C(NC[C@@H]1Cc2cccc(-c3cnccn3)c2O1)[C@H](c1cccnc1)N1CCOCC1. The van der Waals surface area contributed by atoms with E-state index >= 15 is 0 Å². The first-order chi connectivity index (χ1) is 15.8. The smallest absolute Gasteiger partial charge is 0.242 e. The Bertz CT molecular complexity index is 1060. The summed E-state index contributed by atoms with van der Waals surface area (Å²) in [6.07, 6.45) is 9.13. The van der Waals surface area contributed by atoms with E-state index in [0.717, 1.165) is 34.6 Å². The van der Waals surface area contributed by atoms with Gasteiger partial charge in [-0.25, -0.2) is 0 Å². The molecule has 5 rings (SSSR count). The fraction of sp³-hybridized carbons (Fsp3) is 0.333. The van der Waals surface area contributed by atoms with E-state index < -0.39 is 6.04 Å². The molecular weight excluding hydrogens is 406 g/mol. The van der Waals surface area contributed by atoms with Gasteiger partial charge in [-0.3, -0.25) is 24.6 Å². The molecule has 4 heterocycles. The summed E-state index contributed by atoms with van der Waals surface area (Å²) in [5.41, 5.74) is 3.70. The zero-order valence-corrected chi connectivity index (χ0v) is 17.7. The Morgan fingerprint density at radius 2 is 1.97 bits per heavy atom. The van der Waals surface area contributed by atoms with Crippen molar-refractivity contribution < 1.29 is 14.3 Å². The van der Waals surface area contributed by atoms with Crippen molar-refractivity contribution in [1.29, 1.82) is 0 Å². The summed E-state index contributed by atoms with van der Waals surface area (Å²) in [7, 11) is 0. The summed E-state index contributed by atoms with van der Waals surface area (Å²) in [5.74, 6) is 0.776. The highest BCUT2D eigenvalue weighted by Crippen LogP contribution is 2.37. The van der Waals surface area contributed by atoms with Crippen LogP contribution in [0.25, 0.3) is 11.3 Å². The fourth-order valence-corrected chi connectivity index (χ4v) is 4.30. The van der Waals surface area contributed by atoms with Gasteiger partial charge in [-0.2, -0.15) is 0 Å². The van der Waals surface area contributed by atoms with Crippen molar-refractivity contribution in [2.45, 2.75) is 18.6 Å². The molecule has 0 aliphatic carbocycles. The van der Waals surface area contributed by atoms with Crippen LogP contribution in [-0.2, 0) is 16.0 Å². The quantitative estimate of drug-likeness (QED) is 0.639. The molecule has 8 heteroatoms. The highest BCUT2D eigenvalue weighted by molar-refractivity contribution is 5.83. The molecule has 1 N–H and O–H groups in total. The van der Waals surface area contributed by atoms with E-state index in [2.05, 4.69) is 31.2 Å². The fourth-order valence-electron chi connectivity index (χ4n) is 4.30. The number of nitrogens with one attached hydrogen (secondary N) is 1. The van der Waals surface area contributed by atoms with Crippen molar-refractivity contribution in [3.63, 3.8) is 0 Å². The van der Waals surface area contributed by atoms with Crippen LogP contribution in [-0.4, -0.2) is 64.7 Å². The molecule has 1 amide bonds. The Kier molecular flexibility index (Phi) is 6.04. The second kappa shape index (κ2) is 9.42. The number of aromatic nitrogens is 3. The Morgan fingerprint density at radius 3 is 2.75 bits per heavy atom.